The summed E-state index contributed by atoms with van der Waals surface area (Å²) in [5.41, 5.74) is 3.93. The Morgan fingerprint density at radius 2 is 1.81 bits per heavy atom. The van der Waals surface area contributed by atoms with E-state index in [2.05, 4.69) is 27.3 Å². The van der Waals surface area contributed by atoms with Crippen LogP contribution in [0.1, 0.15) is 61.3 Å². The molecular formula is C25H31N5O2. The first-order valence-electron chi connectivity index (χ1n) is 11.4. The molecule has 7 heteroatoms. The second-order valence-electron chi connectivity index (χ2n) is 8.68. The number of nitrogens with one attached hydrogen (secondary N) is 1. The van der Waals surface area contributed by atoms with Crippen LogP contribution in [0.2, 0.25) is 0 Å². The third kappa shape index (κ3) is 5.15. The van der Waals surface area contributed by atoms with Gasteiger partial charge in [0.05, 0.1) is 5.69 Å². The number of benzene rings is 1. The van der Waals surface area contributed by atoms with Crippen LogP contribution in [-0.2, 0) is 4.79 Å². The van der Waals surface area contributed by atoms with Gasteiger partial charge in [0.2, 0.25) is 11.8 Å². The van der Waals surface area contributed by atoms with Gasteiger partial charge >= 0.3 is 0 Å². The van der Waals surface area contributed by atoms with Crippen molar-refractivity contribution in [3.63, 3.8) is 0 Å². The van der Waals surface area contributed by atoms with Gasteiger partial charge in [-0.25, -0.2) is 9.67 Å². The number of aryl methyl sites for hydroxylation is 2. The van der Waals surface area contributed by atoms with E-state index in [1.807, 2.05) is 49.7 Å². The van der Waals surface area contributed by atoms with Crippen molar-refractivity contribution < 1.29 is 9.53 Å². The molecule has 168 valence electrons. The Balaban J connectivity index is 1.40. The molecule has 1 aliphatic carbocycles. The number of rotatable bonds is 7. The Bertz CT molecular complexity index is 1100. The maximum Gasteiger partial charge on any atom is 0.224 e. The van der Waals surface area contributed by atoms with Crippen molar-refractivity contribution in [3.8, 4) is 17.4 Å². The van der Waals surface area contributed by atoms with E-state index in [0.717, 1.165) is 35.0 Å². The molecule has 0 aliphatic heterocycles. The van der Waals surface area contributed by atoms with Gasteiger partial charge in [-0.15, -0.1) is 0 Å². The number of ether oxygens (including phenoxy) is 1. The zero-order chi connectivity index (χ0) is 22.7. The van der Waals surface area contributed by atoms with Crippen molar-refractivity contribution in [2.45, 2.75) is 66.2 Å². The van der Waals surface area contributed by atoms with Crippen LogP contribution in [0.15, 0.2) is 30.3 Å². The molecule has 1 N–H and O–H groups in total. The number of nitrogens with zero attached hydrogens (tertiary/aromatic N) is 4. The highest BCUT2D eigenvalue weighted by molar-refractivity contribution is 5.90. The molecule has 32 heavy (non-hydrogen) atoms. The predicted molar refractivity (Wildman–Crippen MR) is 124 cm³/mol. The maximum absolute atomic E-state index is 12.2. The maximum atomic E-state index is 12.2. The van der Waals surface area contributed by atoms with Crippen LogP contribution in [0, 0.1) is 33.6 Å². The van der Waals surface area contributed by atoms with Gasteiger partial charge in [-0.3, -0.25) is 4.79 Å². The van der Waals surface area contributed by atoms with E-state index >= 15 is 0 Å². The Labute approximate surface area is 189 Å². The van der Waals surface area contributed by atoms with Gasteiger partial charge in [0.1, 0.15) is 11.6 Å². The normalized spacial score (nSPS) is 14.0. The molecule has 0 radical (unpaired) electrons. The molecule has 1 fully saturated rings. The van der Waals surface area contributed by atoms with Gasteiger partial charge < -0.3 is 10.1 Å². The molecule has 1 aromatic carbocycles. The summed E-state index contributed by atoms with van der Waals surface area (Å²) >= 11 is 0. The van der Waals surface area contributed by atoms with E-state index in [1.165, 1.54) is 25.7 Å². The highest BCUT2D eigenvalue weighted by Crippen LogP contribution is 2.29. The van der Waals surface area contributed by atoms with Gasteiger partial charge in [-0.05, 0) is 69.9 Å². The molecule has 0 atom stereocenters. The van der Waals surface area contributed by atoms with Gasteiger partial charge in [-0.1, -0.05) is 25.7 Å². The summed E-state index contributed by atoms with van der Waals surface area (Å²) in [4.78, 5) is 21.2. The number of anilines is 1. The second-order valence-corrected chi connectivity index (χ2v) is 8.68. The summed E-state index contributed by atoms with van der Waals surface area (Å²) in [6.07, 6.45) is 6.71. The third-order valence-corrected chi connectivity index (χ3v) is 6.29. The minimum Gasteiger partial charge on any atom is -0.439 e. The number of carbonyl (C=O) groups is 1. The zero-order valence-electron chi connectivity index (χ0n) is 19.3. The molecule has 0 saturated heterocycles. The fourth-order valence-electron chi connectivity index (χ4n) is 4.21. The van der Waals surface area contributed by atoms with Crippen LogP contribution in [-0.4, -0.2) is 25.7 Å². The summed E-state index contributed by atoms with van der Waals surface area (Å²) in [5, 5.41) is 7.56. The van der Waals surface area contributed by atoms with E-state index < -0.39 is 0 Å². The molecule has 2 aromatic heterocycles. The Morgan fingerprint density at radius 1 is 1.09 bits per heavy atom. The van der Waals surface area contributed by atoms with Crippen molar-refractivity contribution in [1.82, 2.24) is 19.7 Å². The third-order valence-electron chi connectivity index (χ3n) is 6.29. The summed E-state index contributed by atoms with van der Waals surface area (Å²) in [5.74, 6) is 3.16. The second kappa shape index (κ2) is 9.51. The molecule has 3 aromatic rings. The van der Waals surface area contributed by atoms with E-state index in [4.69, 9.17) is 4.74 Å². The molecule has 4 rings (SSSR count). The van der Waals surface area contributed by atoms with Crippen LogP contribution in [0.3, 0.4) is 0 Å². The van der Waals surface area contributed by atoms with E-state index in [0.29, 0.717) is 29.7 Å². The SMILES string of the molecule is Cc1nc(Oc2ccc(NC(=O)CCC3CCCC3)cc2)cc(-n2nc(C)c(C)c2C)n1. The van der Waals surface area contributed by atoms with Crippen LogP contribution in [0.4, 0.5) is 5.69 Å². The van der Waals surface area contributed by atoms with Crippen molar-refractivity contribution in [3.05, 3.63) is 53.1 Å². The molecule has 0 spiro atoms. The first-order chi connectivity index (χ1) is 15.4. The monoisotopic (exact) mass is 433 g/mol. The van der Waals surface area contributed by atoms with Crippen molar-refractivity contribution in [2.24, 2.45) is 5.92 Å². The first-order valence-corrected chi connectivity index (χ1v) is 11.4. The number of aromatic nitrogens is 4. The average molecular weight is 434 g/mol. The van der Waals surface area contributed by atoms with E-state index in [-0.39, 0.29) is 5.91 Å². The molecule has 1 saturated carbocycles. The number of carbonyl (C=O) groups excluding carboxylic acids is 1. The number of hydrogen-bond donors (Lipinski definition) is 1. The molecule has 7 nitrogen and oxygen atoms in total. The lowest BCUT2D eigenvalue weighted by Gasteiger charge is -2.11. The average Bonchev–Trinajstić information content (AvgIpc) is 3.37. The largest absolute Gasteiger partial charge is 0.439 e. The lowest BCUT2D eigenvalue weighted by Crippen LogP contribution is -2.12. The van der Waals surface area contributed by atoms with Gasteiger partial charge in [0.25, 0.3) is 0 Å². The summed E-state index contributed by atoms with van der Waals surface area (Å²) in [6.45, 7) is 7.89. The van der Waals surface area contributed by atoms with Crippen molar-refractivity contribution in [1.29, 1.82) is 0 Å². The van der Waals surface area contributed by atoms with Gasteiger partial charge in [0, 0.05) is 23.9 Å². The van der Waals surface area contributed by atoms with Crippen LogP contribution in [0.5, 0.6) is 11.6 Å². The Kier molecular flexibility index (Phi) is 6.53. The predicted octanol–water partition coefficient (Wildman–Crippen LogP) is 5.60. The first kappa shape index (κ1) is 22.0. The Hall–Kier alpha value is -3.22. The highest BCUT2D eigenvalue weighted by Gasteiger charge is 2.16. The summed E-state index contributed by atoms with van der Waals surface area (Å²) in [6, 6.07) is 9.14. The van der Waals surface area contributed by atoms with Crippen LogP contribution in [0.25, 0.3) is 5.82 Å². The molecule has 1 aliphatic rings. The fraction of sp³-hybridized carbons (Fsp3) is 0.440. The molecule has 1 amide bonds. The van der Waals surface area contributed by atoms with Gasteiger partial charge in [-0.2, -0.15) is 10.1 Å². The quantitative estimate of drug-likeness (QED) is 0.525. The number of amides is 1. The topological polar surface area (TPSA) is 81.9 Å². The van der Waals surface area contributed by atoms with Gasteiger partial charge in [0.15, 0.2) is 5.82 Å². The molecule has 0 bridgehead atoms. The minimum atomic E-state index is 0.0711. The number of hydrogen-bond acceptors (Lipinski definition) is 5. The van der Waals surface area contributed by atoms with Crippen molar-refractivity contribution in [2.75, 3.05) is 5.32 Å². The van der Waals surface area contributed by atoms with Crippen LogP contribution >= 0.6 is 0 Å². The Morgan fingerprint density at radius 3 is 2.47 bits per heavy atom. The zero-order valence-corrected chi connectivity index (χ0v) is 19.3. The minimum absolute atomic E-state index is 0.0711. The van der Waals surface area contributed by atoms with Crippen LogP contribution < -0.4 is 10.1 Å². The smallest absolute Gasteiger partial charge is 0.224 e. The van der Waals surface area contributed by atoms with E-state index in [9.17, 15) is 4.79 Å². The molecular weight excluding hydrogens is 402 g/mol. The van der Waals surface area contributed by atoms with Crippen molar-refractivity contribution >= 4 is 11.6 Å². The lowest BCUT2D eigenvalue weighted by molar-refractivity contribution is -0.116. The summed E-state index contributed by atoms with van der Waals surface area (Å²) in [7, 11) is 0. The lowest BCUT2D eigenvalue weighted by atomic mass is 10.0. The fourth-order valence-corrected chi connectivity index (χ4v) is 4.21. The summed E-state index contributed by atoms with van der Waals surface area (Å²) < 4.78 is 7.78. The van der Waals surface area contributed by atoms with E-state index in [1.54, 1.807) is 6.07 Å². The molecule has 0 unspecified atom stereocenters. The highest BCUT2D eigenvalue weighted by atomic mass is 16.5. The molecule has 2 heterocycles. The standard InChI is InChI=1S/C25H31N5O2/c1-16-17(2)29-30(18(16)3)23-15-25(27-19(4)26-23)32-22-12-10-21(11-13-22)28-24(31)14-9-20-7-5-6-8-20/h10-13,15,20H,5-9,14H2,1-4H3,(H,28,31).